The molecule has 0 unspecified atom stereocenters. The summed E-state index contributed by atoms with van der Waals surface area (Å²) in [6.45, 7) is -0.0205. The number of carbonyl (C=O) groups is 1. The van der Waals surface area contributed by atoms with Gasteiger partial charge in [0.2, 0.25) is 0 Å². The Hall–Kier alpha value is -1.32. The average molecular weight is 423 g/mol. The van der Waals surface area contributed by atoms with Crippen LogP contribution in [0.1, 0.15) is 4.88 Å². The van der Waals surface area contributed by atoms with Crippen molar-refractivity contribution >= 4 is 50.5 Å². The topological polar surface area (TPSA) is 75.7 Å². The van der Waals surface area contributed by atoms with Crippen LogP contribution in [0.2, 0.25) is 10.0 Å². The van der Waals surface area contributed by atoms with Crippen molar-refractivity contribution in [2.24, 2.45) is 0 Å². The van der Waals surface area contributed by atoms with Gasteiger partial charge < -0.3 is 10.1 Å². The first-order chi connectivity index (χ1) is 11.7. The van der Waals surface area contributed by atoms with Gasteiger partial charge in [0.25, 0.3) is 15.9 Å². The fourth-order valence-corrected chi connectivity index (χ4v) is 4.54. The van der Waals surface area contributed by atoms with E-state index in [0.717, 1.165) is 20.5 Å². The van der Waals surface area contributed by atoms with E-state index in [1.807, 2.05) is 0 Å². The van der Waals surface area contributed by atoms with Crippen molar-refractivity contribution in [1.29, 1.82) is 0 Å². The molecule has 0 spiro atoms. The van der Waals surface area contributed by atoms with E-state index in [-0.39, 0.29) is 23.3 Å². The Kier molecular flexibility index (Phi) is 6.70. The zero-order valence-electron chi connectivity index (χ0n) is 13.5. The normalized spacial score (nSPS) is 11.6. The summed E-state index contributed by atoms with van der Waals surface area (Å²) in [6.07, 6.45) is 0. The van der Waals surface area contributed by atoms with Crippen LogP contribution in [0.15, 0.2) is 34.5 Å². The average Bonchev–Trinajstić information content (AvgIpc) is 3.03. The van der Waals surface area contributed by atoms with Gasteiger partial charge in [0.1, 0.15) is 9.96 Å². The lowest BCUT2D eigenvalue weighted by Crippen LogP contribution is -2.28. The van der Waals surface area contributed by atoms with Crippen LogP contribution in [0.3, 0.4) is 0 Å². The maximum atomic E-state index is 12.0. The number of hydrogen-bond donors (Lipinski definition) is 1. The number of sulfonamides is 1. The van der Waals surface area contributed by atoms with Crippen molar-refractivity contribution in [3.63, 3.8) is 0 Å². The Balaban J connectivity index is 1.88. The van der Waals surface area contributed by atoms with Crippen LogP contribution in [-0.4, -0.2) is 39.3 Å². The van der Waals surface area contributed by atoms with Gasteiger partial charge in [-0.15, -0.1) is 11.3 Å². The molecule has 1 aromatic carbocycles. The third-order valence-corrected chi connectivity index (χ3v) is 7.00. The van der Waals surface area contributed by atoms with E-state index in [1.54, 1.807) is 18.2 Å². The van der Waals surface area contributed by atoms with Crippen LogP contribution < -0.4 is 10.1 Å². The zero-order valence-corrected chi connectivity index (χ0v) is 16.6. The highest BCUT2D eigenvalue weighted by Crippen LogP contribution is 2.27. The summed E-state index contributed by atoms with van der Waals surface area (Å²) >= 11 is 12.9. The Morgan fingerprint density at radius 1 is 1.24 bits per heavy atom. The van der Waals surface area contributed by atoms with Gasteiger partial charge in [-0.3, -0.25) is 4.79 Å². The summed E-state index contributed by atoms with van der Waals surface area (Å²) in [5, 5.41) is 3.47. The van der Waals surface area contributed by atoms with Gasteiger partial charge in [0.05, 0.1) is 11.6 Å². The Morgan fingerprint density at radius 2 is 1.96 bits per heavy atom. The summed E-state index contributed by atoms with van der Waals surface area (Å²) in [5.74, 6) is -0.0405. The minimum Gasteiger partial charge on any atom is -0.482 e. The van der Waals surface area contributed by atoms with E-state index in [2.05, 4.69) is 5.32 Å². The number of nitrogens with zero attached hydrogens (tertiary/aromatic N) is 1. The summed E-state index contributed by atoms with van der Waals surface area (Å²) in [4.78, 5) is 12.6. The van der Waals surface area contributed by atoms with Crippen LogP contribution in [0, 0.1) is 0 Å². The van der Waals surface area contributed by atoms with Crippen molar-refractivity contribution in [1.82, 2.24) is 9.62 Å². The Morgan fingerprint density at radius 3 is 2.64 bits per heavy atom. The van der Waals surface area contributed by atoms with E-state index in [0.29, 0.717) is 15.8 Å². The van der Waals surface area contributed by atoms with E-state index >= 15 is 0 Å². The summed E-state index contributed by atoms with van der Waals surface area (Å²) in [7, 11) is -0.528. The lowest BCUT2D eigenvalue weighted by atomic mass is 10.3. The van der Waals surface area contributed by atoms with Gasteiger partial charge in [-0.05, 0) is 24.3 Å². The van der Waals surface area contributed by atoms with Crippen LogP contribution in [-0.2, 0) is 21.4 Å². The molecule has 0 aliphatic heterocycles. The molecule has 1 amide bonds. The fraction of sp³-hybridized carbons (Fsp3) is 0.267. The highest BCUT2D eigenvalue weighted by Gasteiger charge is 2.19. The second kappa shape index (κ2) is 8.37. The number of rotatable bonds is 7. The monoisotopic (exact) mass is 422 g/mol. The minimum atomic E-state index is -3.46. The number of benzene rings is 1. The SMILES string of the molecule is CN(C)S(=O)(=O)c1ccc(CNC(=O)COc2cc(Cl)ccc2Cl)s1. The highest BCUT2D eigenvalue weighted by atomic mass is 35.5. The standard InChI is InChI=1S/C15H16Cl2N2O4S2/c1-19(2)25(21,22)15-6-4-11(24-15)8-18-14(20)9-23-13-7-10(16)3-5-12(13)17/h3-7H,8-9H2,1-2H3,(H,18,20). The number of ether oxygens (including phenoxy) is 1. The predicted octanol–water partition coefficient (Wildman–Crippen LogP) is 3.00. The molecule has 0 fully saturated rings. The molecule has 0 radical (unpaired) electrons. The quantitative estimate of drug-likeness (QED) is 0.743. The van der Waals surface area contributed by atoms with E-state index in [9.17, 15) is 13.2 Å². The van der Waals surface area contributed by atoms with Gasteiger partial charge in [-0.2, -0.15) is 0 Å². The first kappa shape index (κ1) is 20.0. The Bertz CT molecular complexity index is 866. The van der Waals surface area contributed by atoms with Crippen LogP contribution >= 0.6 is 34.5 Å². The molecule has 10 heteroatoms. The molecule has 0 aliphatic carbocycles. The molecule has 2 aromatic rings. The molecule has 6 nitrogen and oxygen atoms in total. The molecule has 25 heavy (non-hydrogen) atoms. The van der Waals surface area contributed by atoms with Gasteiger partial charge in [-0.1, -0.05) is 23.2 Å². The lowest BCUT2D eigenvalue weighted by molar-refractivity contribution is -0.123. The van der Waals surface area contributed by atoms with Crippen molar-refractivity contribution in [3.05, 3.63) is 45.3 Å². The predicted molar refractivity (Wildman–Crippen MR) is 99.0 cm³/mol. The van der Waals surface area contributed by atoms with Crippen LogP contribution in [0.5, 0.6) is 5.75 Å². The zero-order chi connectivity index (χ0) is 18.6. The van der Waals surface area contributed by atoms with Gasteiger partial charge in [0, 0.05) is 30.1 Å². The second-order valence-electron chi connectivity index (χ2n) is 5.15. The van der Waals surface area contributed by atoms with E-state index in [1.165, 1.54) is 26.2 Å². The smallest absolute Gasteiger partial charge is 0.258 e. The van der Waals surface area contributed by atoms with Crippen molar-refractivity contribution in [2.75, 3.05) is 20.7 Å². The van der Waals surface area contributed by atoms with Gasteiger partial charge in [0.15, 0.2) is 6.61 Å². The molecule has 0 bridgehead atoms. The molecular weight excluding hydrogens is 407 g/mol. The first-order valence-electron chi connectivity index (χ1n) is 7.06. The second-order valence-corrected chi connectivity index (χ2v) is 9.54. The van der Waals surface area contributed by atoms with Crippen molar-refractivity contribution in [3.8, 4) is 5.75 Å². The number of hydrogen-bond acceptors (Lipinski definition) is 5. The largest absolute Gasteiger partial charge is 0.482 e. The summed E-state index contributed by atoms with van der Waals surface area (Å²) < 4.78 is 30.7. The molecule has 0 saturated heterocycles. The third kappa shape index (κ3) is 5.32. The Labute approximate surface area is 160 Å². The van der Waals surface area contributed by atoms with Crippen LogP contribution in [0.4, 0.5) is 0 Å². The number of halogens is 2. The molecule has 1 heterocycles. The summed E-state index contributed by atoms with van der Waals surface area (Å²) in [6, 6.07) is 7.90. The lowest BCUT2D eigenvalue weighted by Gasteiger charge is -2.09. The molecule has 0 aliphatic rings. The summed E-state index contributed by atoms with van der Waals surface area (Å²) in [5.41, 5.74) is 0. The molecule has 0 saturated carbocycles. The number of nitrogens with one attached hydrogen (secondary N) is 1. The minimum absolute atomic E-state index is 0.207. The molecule has 1 aromatic heterocycles. The highest BCUT2D eigenvalue weighted by molar-refractivity contribution is 7.91. The maximum absolute atomic E-state index is 12.0. The van der Waals surface area contributed by atoms with Gasteiger partial charge >= 0.3 is 0 Å². The number of carbonyl (C=O) groups excluding carboxylic acids is 1. The molecule has 1 N–H and O–H groups in total. The number of amides is 1. The molecule has 2 rings (SSSR count). The first-order valence-corrected chi connectivity index (χ1v) is 10.1. The maximum Gasteiger partial charge on any atom is 0.258 e. The van der Waals surface area contributed by atoms with E-state index < -0.39 is 10.0 Å². The van der Waals surface area contributed by atoms with Gasteiger partial charge in [-0.25, -0.2) is 12.7 Å². The fourth-order valence-electron chi connectivity index (χ4n) is 1.74. The van der Waals surface area contributed by atoms with Crippen LogP contribution in [0.25, 0.3) is 0 Å². The van der Waals surface area contributed by atoms with Crippen molar-refractivity contribution < 1.29 is 17.9 Å². The van der Waals surface area contributed by atoms with Crippen molar-refractivity contribution in [2.45, 2.75) is 10.8 Å². The van der Waals surface area contributed by atoms with E-state index in [4.69, 9.17) is 27.9 Å². The third-order valence-electron chi connectivity index (χ3n) is 3.08. The molecular formula is C15H16Cl2N2O4S2. The number of thiophene rings is 1. The molecule has 136 valence electrons. The molecule has 0 atom stereocenters.